The molecule has 0 aromatic heterocycles. The van der Waals surface area contributed by atoms with Crippen LogP contribution in [0.4, 0.5) is 0 Å². The molecular weight excluding hydrogens is 234 g/mol. The van der Waals surface area contributed by atoms with E-state index in [-0.39, 0.29) is 0 Å². The summed E-state index contributed by atoms with van der Waals surface area (Å²) in [7, 11) is 0. The summed E-state index contributed by atoms with van der Waals surface area (Å²) in [6.07, 6.45) is 5.07. The number of hydrogen-bond donors (Lipinski definition) is 1. The third kappa shape index (κ3) is 3.27. The largest absolute Gasteiger partial charge is 0.494 e. The van der Waals surface area contributed by atoms with E-state index in [1.807, 2.05) is 0 Å². The molecule has 2 nitrogen and oxygen atoms in total. The van der Waals surface area contributed by atoms with E-state index in [0.717, 1.165) is 18.8 Å². The number of nitrogens with one attached hydrogen (secondary N) is 1. The SMILES string of the molecule is c1ccc2cc(OCC[C@H]3CCCCN3)ccc2c1. The lowest BCUT2D eigenvalue weighted by Gasteiger charge is -2.23. The first kappa shape index (κ1) is 12.5. The quantitative estimate of drug-likeness (QED) is 0.898. The molecule has 1 N–H and O–H groups in total. The summed E-state index contributed by atoms with van der Waals surface area (Å²) in [6, 6.07) is 15.4. The van der Waals surface area contributed by atoms with E-state index in [1.165, 1.54) is 36.6 Å². The van der Waals surface area contributed by atoms with Gasteiger partial charge in [0, 0.05) is 6.04 Å². The van der Waals surface area contributed by atoms with Gasteiger partial charge in [0.1, 0.15) is 5.75 Å². The summed E-state index contributed by atoms with van der Waals surface area (Å²) in [5.74, 6) is 0.981. The molecule has 0 radical (unpaired) electrons. The van der Waals surface area contributed by atoms with Gasteiger partial charge in [0.25, 0.3) is 0 Å². The summed E-state index contributed by atoms with van der Waals surface area (Å²) in [4.78, 5) is 0. The lowest BCUT2D eigenvalue weighted by atomic mass is 10.0. The van der Waals surface area contributed by atoms with Crippen LogP contribution < -0.4 is 10.1 Å². The Labute approximate surface area is 114 Å². The molecule has 2 aromatic carbocycles. The van der Waals surface area contributed by atoms with Crippen LogP contribution in [0.5, 0.6) is 5.75 Å². The van der Waals surface area contributed by atoms with Crippen LogP contribution in [-0.2, 0) is 0 Å². The zero-order valence-corrected chi connectivity index (χ0v) is 11.3. The molecule has 0 spiro atoms. The highest BCUT2D eigenvalue weighted by molar-refractivity contribution is 5.83. The number of benzene rings is 2. The van der Waals surface area contributed by atoms with Crippen LogP contribution in [0.25, 0.3) is 10.8 Å². The third-order valence-electron chi connectivity index (χ3n) is 3.87. The van der Waals surface area contributed by atoms with Crippen LogP contribution in [0.1, 0.15) is 25.7 Å². The van der Waals surface area contributed by atoms with Crippen molar-refractivity contribution in [2.24, 2.45) is 0 Å². The van der Waals surface area contributed by atoms with Crippen molar-refractivity contribution in [3.63, 3.8) is 0 Å². The average molecular weight is 255 g/mol. The highest BCUT2D eigenvalue weighted by Crippen LogP contribution is 2.21. The van der Waals surface area contributed by atoms with E-state index in [9.17, 15) is 0 Å². The lowest BCUT2D eigenvalue weighted by molar-refractivity contribution is 0.268. The van der Waals surface area contributed by atoms with Gasteiger partial charge in [-0.1, -0.05) is 36.8 Å². The van der Waals surface area contributed by atoms with Crippen LogP contribution in [0.3, 0.4) is 0 Å². The van der Waals surface area contributed by atoms with Crippen molar-refractivity contribution in [2.45, 2.75) is 31.7 Å². The monoisotopic (exact) mass is 255 g/mol. The molecule has 0 aliphatic carbocycles. The fourth-order valence-electron chi connectivity index (χ4n) is 2.75. The van der Waals surface area contributed by atoms with Crippen LogP contribution in [0, 0.1) is 0 Å². The standard InChI is InChI=1S/C17H21NO/c1-2-6-15-13-17(9-8-14(15)5-1)19-12-10-16-7-3-4-11-18-16/h1-2,5-6,8-9,13,16,18H,3-4,7,10-12H2/t16-/m1/s1. The van der Waals surface area contributed by atoms with Crippen LogP contribution >= 0.6 is 0 Å². The Morgan fingerprint density at radius 1 is 1.05 bits per heavy atom. The molecule has 1 heterocycles. The van der Waals surface area contributed by atoms with Gasteiger partial charge in [0.2, 0.25) is 0 Å². The molecule has 1 aliphatic heterocycles. The fraction of sp³-hybridized carbons (Fsp3) is 0.412. The second-order valence-corrected chi connectivity index (χ2v) is 5.29. The minimum absolute atomic E-state index is 0.647. The first-order valence-electron chi connectivity index (χ1n) is 7.27. The summed E-state index contributed by atoms with van der Waals surface area (Å²) in [5, 5.41) is 6.07. The second kappa shape index (κ2) is 6.07. The van der Waals surface area contributed by atoms with Gasteiger partial charge in [-0.3, -0.25) is 0 Å². The van der Waals surface area contributed by atoms with Gasteiger partial charge in [-0.15, -0.1) is 0 Å². The molecule has 2 heteroatoms. The van der Waals surface area contributed by atoms with Crippen molar-refractivity contribution in [3.05, 3.63) is 42.5 Å². The van der Waals surface area contributed by atoms with Gasteiger partial charge < -0.3 is 10.1 Å². The fourth-order valence-corrected chi connectivity index (χ4v) is 2.75. The topological polar surface area (TPSA) is 21.3 Å². The van der Waals surface area contributed by atoms with E-state index in [2.05, 4.69) is 47.8 Å². The maximum atomic E-state index is 5.88. The van der Waals surface area contributed by atoms with Crippen molar-refractivity contribution in [3.8, 4) is 5.75 Å². The highest BCUT2D eigenvalue weighted by atomic mass is 16.5. The van der Waals surface area contributed by atoms with Gasteiger partial charge in [-0.25, -0.2) is 0 Å². The predicted molar refractivity (Wildman–Crippen MR) is 79.7 cm³/mol. The van der Waals surface area contributed by atoms with E-state index >= 15 is 0 Å². The van der Waals surface area contributed by atoms with Gasteiger partial charge in [-0.2, -0.15) is 0 Å². The maximum Gasteiger partial charge on any atom is 0.119 e. The molecular formula is C17H21NO. The van der Waals surface area contributed by atoms with Crippen molar-refractivity contribution >= 4 is 10.8 Å². The first-order chi connectivity index (χ1) is 9.42. The summed E-state index contributed by atoms with van der Waals surface area (Å²) in [6.45, 7) is 1.97. The van der Waals surface area contributed by atoms with E-state index in [1.54, 1.807) is 0 Å². The summed E-state index contributed by atoms with van der Waals surface area (Å²) < 4.78 is 5.88. The van der Waals surface area contributed by atoms with Crippen LogP contribution in [-0.4, -0.2) is 19.2 Å². The number of ether oxygens (including phenoxy) is 1. The minimum Gasteiger partial charge on any atom is -0.494 e. The predicted octanol–water partition coefficient (Wildman–Crippen LogP) is 3.75. The highest BCUT2D eigenvalue weighted by Gasteiger charge is 2.11. The lowest BCUT2D eigenvalue weighted by Crippen LogP contribution is -2.35. The van der Waals surface area contributed by atoms with E-state index < -0.39 is 0 Å². The molecule has 1 fully saturated rings. The van der Waals surface area contributed by atoms with Crippen molar-refractivity contribution in [2.75, 3.05) is 13.2 Å². The maximum absolute atomic E-state index is 5.88. The Bertz CT molecular complexity index is 532. The second-order valence-electron chi connectivity index (χ2n) is 5.29. The molecule has 0 amide bonds. The smallest absolute Gasteiger partial charge is 0.119 e. The zero-order chi connectivity index (χ0) is 12.9. The molecule has 1 aliphatic rings. The number of piperidine rings is 1. The molecule has 1 saturated heterocycles. The Balaban J connectivity index is 1.56. The molecule has 1 atom stereocenters. The molecule has 0 unspecified atom stereocenters. The van der Waals surface area contributed by atoms with Crippen LogP contribution in [0.2, 0.25) is 0 Å². The van der Waals surface area contributed by atoms with Crippen molar-refractivity contribution in [1.29, 1.82) is 0 Å². The number of hydrogen-bond acceptors (Lipinski definition) is 2. The Hall–Kier alpha value is -1.54. The van der Waals surface area contributed by atoms with Gasteiger partial charge in [0.15, 0.2) is 0 Å². The first-order valence-corrected chi connectivity index (χ1v) is 7.27. The molecule has 0 bridgehead atoms. The summed E-state index contributed by atoms with van der Waals surface area (Å²) in [5.41, 5.74) is 0. The van der Waals surface area contributed by atoms with Crippen molar-refractivity contribution in [1.82, 2.24) is 5.32 Å². The van der Waals surface area contributed by atoms with Gasteiger partial charge in [-0.05, 0) is 48.7 Å². The number of fused-ring (bicyclic) bond motifs is 1. The third-order valence-corrected chi connectivity index (χ3v) is 3.87. The minimum atomic E-state index is 0.647. The van der Waals surface area contributed by atoms with Crippen molar-refractivity contribution < 1.29 is 4.74 Å². The van der Waals surface area contributed by atoms with Gasteiger partial charge >= 0.3 is 0 Å². The normalized spacial score (nSPS) is 19.5. The zero-order valence-electron chi connectivity index (χ0n) is 11.3. The van der Waals surface area contributed by atoms with Gasteiger partial charge in [0.05, 0.1) is 6.61 Å². The molecule has 2 aromatic rings. The molecule has 0 saturated carbocycles. The summed E-state index contributed by atoms with van der Waals surface area (Å²) >= 11 is 0. The molecule has 3 rings (SSSR count). The average Bonchev–Trinajstić information content (AvgIpc) is 2.48. The molecule has 100 valence electrons. The molecule has 19 heavy (non-hydrogen) atoms. The Morgan fingerprint density at radius 2 is 1.95 bits per heavy atom. The number of rotatable bonds is 4. The van der Waals surface area contributed by atoms with E-state index in [0.29, 0.717) is 6.04 Å². The van der Waals surface area contributed by atoms with E-state index in [4.69, 9.17) is 4.74 Å². The Kier molecular flexibility index (Phi) is 3.99. The van der Waals surface area contributed by atoms with Crippen LogP contribution in [0.15, 0.2) is 42.5 Å². The Morgan fingerprint density at radius 3 is 2.79 bits per heavy atom.